The number of hydrogen-bond donors (Lipinski definition) is 0. The second-order valence-electron chi connectivity index (χ2n) is 8.70. The molecule has 5 heterocycles. The first-order valence-corrected chi connectivity index (χ1v) is 11.0. The van der Waals surface area contributed by atoms with Crippen LogP contribution in [0.4, 0.5) is 5.95 Å². The van der Waals surface area contributed by atoms with E-state index < -0.39 is 0 Å². The number of fused-ring (bicyclic) bond motifs is 4. The molecule has 6 rings (SSSR count). The number of rotatable bonds is 5. The molecule has 1 aromatic heterocycles. The van der Waals surface area contributed by atoms with Crippen molar-refractivity contribution in [3.05, 3.63) is 53.9 Å². The molecule has 4 aliphatic rings. The summed E-state index contributed by atoms with van der Waals surface area (Å²) in [6.07, 6.45) is 6.72. The number of ether oxygens (including phenoxy) is 1. The van der Waals surface area contributed by atoms with Gasteiger partial charge in [-0.25, -0.2) is 9.97 Å². The molecule has 2 atom stereocenters. The Morgan fingerprint density at radius 1 is 0.862 bits per heavy atom. The summed E-state index contributed by atoms with van der Waals surface area (Å²) < 4.78 is 5.42. The zero-order valence-corrected chi connectivity index (χ0v) is 17.1. The number of hydrogen-bond acceptors (Lipinski definition) is 6. The zero-order chi connectivity index (χ0) is 19.5. The molecule has 2 bridgehead atoms. The van der Waals surface area contributed by atoms with Gasteiger partial charge in [0.1, 0.15) is 0 Å². The molecule has 154 valence electrons. The van der Waals surface area contributed by atoms with Crippen molar-refractivity contribution in [1.82, 2.24) is 19.8 Å². The van der Waals surface area contributed by atoms with E-state index in [1.54, 1.807) is 0 Å². The van der Waals surface area contributed by atoms with Gasteiger partial charge in [0.2, 0.25) is 5.95 Å². The summed E-state index contributed by atoms with van der Waals surface area (Å²) in [5.41, 5.74) is 2.65. The van der Waals surface area contributed by atoms with Gasteiger partial charge in [-0.1, -0.05) is 30.3 Å². The number of benzene rings is 1. The highest BCUT2D eigenvalue weighted by Crippen LogP contribution is 2.30. The Labute approximate surface area is 173 Å². The van der Waals surface area contributed by atoms with Crippen molar-refractivity contribution in [2.45, 2.75) is 32.0 Å². The molecule has 29 heavy (non-hydrogen) atoms. The average Bonchev–Trinajstić information content (AvgIpc) is 3.06. The quantitative estimate of drug-likeness (QED) is 0.777. The van der Waals surface area contributed by atoms with Crippen LogP contribution in [-0.2, 0) is 17.8 Å². The number of piperidine rings is 1. The van der Waals surface area contributed by atoms with E-state index in [2.05, 4.69) is 55.0 Å². The molecule has 4 fully saturated rings. The molecular weight excluding hydrogens is 362 g/mol. The maximum atomic E-state index is 5.42. The molecule has 0 radical (unpaired) electrons. The van der Waals surface area contributed by atoms with Crippen LogP contribution in [0.15, 0.2) is 42.7 Å². The Morgan fingerprint density at radius 3 is 2.45 bits per heavy atom. The molecule has 2 unspecified atom stereocenters. The van der Waals surface area contributed by atoms with Gasteiger partial charge in [-0.3, -0.25) is 9.80 Å². The Kier molecular flexibility index (Phi) is 5.74. The van der Waals surface area contributed by atoms with Gasteiger partial charge in [-0.2, -0.15) is 0 Å². The molecule has 2 aromatic rings. The van der Waals surface area contributed by atoms with Gasteiger partial charge in [-0.05, 0) is 24.3 Å². The predicted octanol–water partition coefficient (Wildman–Crippen LogP) is 2.41. The van der Waals surface area contributed by atoms with Gasteiger partial charge in [0, 0.05) is 69.8 Å². The van der Waals surface area contributed by atoms with Crippen LogP contribution in [0.25, 0.3) is 0 Å². The van der Waals surface area contributed by atoms with Crippen molar-refractivity contribution in [1.29, 1.82) is 0 Å². The zero-order valence-electron chi connectivity index (χ0n) is 17.1. The Balaban J connectivity index is 1.22. The number of aromatic nitrogens is 2. The monoisotopic (exact) mass is 393 g/mol. The minimum absolute atomic E-state index is 0.636. The molecule has 0 amide bonds. The van der Waals surface area contributed by atoms with Gasteiger partial charge in [0.05, 0.1) is 13.2 Å². The van der Waals surface area contributed by atoms with E-state index in [-0.39, 0.29) is 0 Å². The maximum Gasteiger partial charge on any atom is 0.225 e. The molecule has 0 saturated carbocycles. The first-order chi connectivity index (χ1) is 14.3. The third-order valence-electron chi connectivity index (χ3n) is 6.52. The number of nitrogens with zero attached hydrogens (tertiary/aromatic N) is 5. The fraction of sp³-hybridized carbons (Fsp3) is 0.565. The second kappa shape index (κ2) is 8.78. The van der Waals surface area contributed by atoms with E-state index in [9.17, 15) is 0 Å². The van der Waals surface area contributed by atoms with Crippen LogP contribution in [0.2, 0.25) is 0 Å². The van der Waals surface area contributed by atoms with E-state index >= 15 is 0 Å². The lowest BCUT2D eigenvalue weighted by Crippen LogP contribution is -2.43. The van der Waals surface area contributed by atoms with Crippen LogP contribution in [0.1, 0.15) is 24.0 Å². The van der Waals surface area contributed by atoms with E-state index in [4.69, 9.17) is 4.74 Å². The fourth-order valence-corrected chi connectivity index (χ4v) is 5.03. The summed E-state index contributed by atoms with van der Waals surface area (Å²) in [6, 6.07) is 11.5. The SMILES string of the molecule is c1ccc(CN2CC3CCC(C2)N(Cc2cnc(N4CCOCC4)nc2)C3)cc1. The van der Waals surface area contributed by atoms with E-state index in [1.165, 1.54) is 37.1 Å². The number of anilines is 1. The van der Waals surface area contributed by atoms with Crippen molar-refractivity contribution in [2.75, 3.05) is 50.8 Å². The van der Waals surface area contributed by atoms with Crippen molar-refractivity contribution >= 4 is 5.95 Å². The lowest BCUT2D eigenvalue weighted by molar-refractivity contribution is 0.121. The van der Waals surface area contributed by atoms with Gasteiger partial charge in [-0.15, -0.1) is 0 Å². The first-order valence-electron chi connectivity index (χ1n) is 11.0. The van der Waals surface area contributed by atoms with E-state index in [1.807, 2.05) is 12.4 Å². The molecule has 0 spiro atoms. The molecule has 4 aliphatic heterocycles. The topological polar surface area (TPSA) is 44.7 Å². The second-order valence-corrected chi connectivity index (χ2v) is 8.70. The van der Waals surface area contributed by atoms with Crippen molar-refractivity contribution in [3.8, 4) is 0 Å². The molecule has 0 aliphatic carbocycles. The van der Waals surface area contributed by atoms with Crippen LogP contribution in [-0.4, -0.2) is 71.7 Å². The maximum absolute atomic E-state index is 5.42. The van der Waals surface area contributed by atoms with Gasteiger partial charge >= 0.3 is 0 Å². The minimum Gasteiger partial charge on any atom is -0.378 e. The Hall–Kier alpha value is -2.02. The molecule has 6 heteroatoms. The smallest absolute Gasteiger partial charge is 0.225 e. The van der Waals surface area contributed by atoms with Crippen molar-refractivity contribution in [3.63, 3.8) is 0 Å². The first kappa shape index (κ1) is 19.0. The summed E-state index contributed by atoms with van der Waals surface area (Å²) >= 11 is 0. The lowest BCUT2D eigenvalue weighted by atomic mass is 9.95. The van der Waals surface area contributed by atoms with E-state index in [0.29, 0.717) is 6.04 Å². The molecule has 6 nitrogen and oxygen atoms in total. The summed E-state index contributed by atoms with van der Waals surface area (Å²) in [5, 5.41) is 0. The third-order valence-corrected chi connectivity index (χ3v) is 6.52. The van der Waals surface area contributed by atoms with Gasteiger partial charge in [0.25, 0.3) is 0 Å². The minimum atomic E-state index is 0.636. The summed E-state index contributed by atoms with van der Waals surface area (Å²) in [6.45, 7) is 8.90. The van der Waals surface area contributed by atoms with Crippen molar-refractivity contribution in [2.24, 2.45) is 5.92 Å². The summed E-state index contributed by atoms with van der Waals surface area (Å²) in [4.78, 5) is 16.8. The summed E-state index contributed by atoms with van der Waals surface area (Å²) in [5.74, 6) is 1.61. The molecule has 4 saturated heterocycles. The standard InChI is InChI=1S/C23H31N5O/c1-2-4-19(5-3-1)14-26-15-20-6-7-22(18-26)28(16-20)17-21-12-24-23(25-13-21)27-8-10-29-11-9-27/h1-5,12-13,20,22H,6-11,14-18H2. The van der Waals surface area contributed by atoms with E-state index in [0.717, 1.165) is 57.8 Å². The van der Waals surface area contributed by atoms with Crippen LogP contribution in [0, 0.1) is 5.92 Å². The highest BCUT2D eigenvalue weighted by Gasteiger charge is 2.34. The number of morpholine rings is 1. The van der Waals surface area contributed by atoms with Crippen LogP contribution in [0.3, 0.4) is 0 Å². The Morgan fingerprint density at radius 2 is 1.66 bits per heavy atom. The third kappa shape index (κ3) is 4.60. The normalized spacial score (nSPS) is 25.9. The molecule has 0 N–H and O–H groups in total. The highest BCUT2D eigenvalue weighted by atomic mass is 16.5. The largest absolute Gasteiger partial charge is 0.378 e. The van der Waals surface area contributed by atoms with Crippen LogP contribution >= 0.6 is 0 Å². The van der Waals surface area contributed by atoms with Gasteiger partial charge < -0.3 is 9.64 Å². The predicted molar refractivity (Wildman–Crippen MR) is 114 cm³/mol. The summed E-state index contributed by atoms with van der Waals surface area (Å²) in [7, 11) is 0. The average molecular weight is 394 g/mol. The van der Waals surface area contributed by atoms with Crippen LogP contribution < -0.4 is 4.90 Å². The molecule has 1 aromatic carbocycles. The lowest BCUT2D eigenvalue weighted by Gasteiger charge is -2.36. The van der Waals surface area contributed by atoms with Crippen molar-refractivity contribution < 1.29 is 4.74 Å². The Bertz CT molecular complexity index is 778. The van der Waals surface area contributed by atoms with Gasteiger partial charge in [0.15, 0.2) is 0 Å². The molecular formula is C23H31N5O. The fourth-order valence-electron chi connectivity index (χ4n) is 5.03. The van der Waals surface area contributed by atoms with Crippen LogP contribution in [0.5, 0.6) is 0 Å². The highest BCUT2D eigenvalue weighted by molar-refractivity contribution is 5.30.